The number of halogens is 1. The van der Waals surface area contributed by atoms with Crippen LogP contribution in [0.2, 0.25) is 0 Å². The zero-order valence-electron chi connectivity index (χ0n) is 17.8. The first-order chi connectivity index (χ1) is 15.9. The van der Waals surface area contributed by atoms with Gasteiger partial charge in [0.2, 0.25) is 0 Å². The number of carbonyl (C=O) groups is 1. The van der Waals surface area contributed by atoms with Gasteiger partial charge < -0.3 is 10.1 Å². The average Bonchev–Trinajstić information content (AvgIpc) is 3.27. The molecule has 1 amide bonds. The summed E-state index contributed by atoms with van der Waals surface area (Å²) in [6.45, 7) is 2.22. The second-order valence-electron chi connectivity index (χ2n) is 8.45. The number of nitrogens with zero attached hydrogens (tertiary/aromatic N) is 1. The molecule has 3 aromatic rings. The van der Waals surface area contributed by atoms with Crippen LogP contribution in [0.5, 0.6) is 5.75 Å². The number of hydrogen-bond donors (Lipinski definition) is 2. The van der Waals surface area contributed by atoms with E-state index in [1.165, 1.54) is 0 Å². The molecule has 4 atom stereocenters. The Morgan fingerprint density at radius 3 is 2.58 bits per heavy atom. The highest BCUT2D eigenvalue weighted by molar-refractivity contribution is 9.10. The molecule has 7 nitrogen and oxygen atoms in total. The van der Waals surface area contributed by atoms with E-state index in [1.54, 1.807) is 24.3 Å². The molecule has 8 heteroatoms. The predicted octanol–water partition coefficient (Wildman–Crippen LogP) is 4.60. The van der Waals surface area contributed by atoms with Gasteiger partial charge in [-0.3, -0.25) is 20.2 Å². The van der Waals surface area contributed by atoms with Crippen molar-refractivity contribution in [1.82, 2.24) is 5.32 Å². The minimum absolute atomic E-state index is 0.329. The zero-order chi connectivity index (χ0) is 23.2. The molecule has 0 unspecified atom stereocenters. The van der Waals surface area contributed by atoms with Crippen LogP contribution in [0.4, 0.5) is 5.69 Å². The van der Waals surface area contributed by atoms with Crippen LogP contribution >= 0.6 is 15.9 Å². The molecular formula is C25H22BrN3O4. The van der Waals surface area contributed by atoms with Gasteiger partial charge in [0.05, 0.1) is 5.92 Å². The van der Waals surface area contributed by atoms with Crippen molar-refractivity contribution in [3.63, 3.8) is 0 Å². The van der Waals surface area contributed by atoms with E-state index in [2.05, 4.69) is 26.6 Å². The zero-order valence-corrected chi connectivity index (χ0v) is 19.4. The van der Waals surface area contributed by atoms with E-state index in [4.69, 9.17) is 4.74 Å². The minimum atomic E-state index is -1.46. The van der Waals surface area contributed by atoms with Crippen LogP contribution in [0.25, 0.3) is 0 Å². The number of nitrogens with one attached hydrogen (secondary N) is 2. The Bertz CT molecular complexity index is 1240. The van der Waals surface area contributed by atoms with E-state index in [0.717, 1.165) is 10.0 Å². The predicted molar refractivity (Wildman–Crippen MR) is 128 cm³/mol. The third-order valence-corrected chi connectivity index (χ3v) is 7.02. The van der Waals surface area contributed by atoms with Gasteiger partial charge in [-0.25, -0.2) is 0 Å². The number of amides is 1. The highest BCUT2D eigenvalue weighted by Crippen LogP contribution is 2.51. The van der Waals surface area contributed by atoms with Crippen LogP contribution in [0.3, 0.4) is 0 Å². The van der Waals surface area contributed by atoms with Gasteiger partial charge in [0, 0.05) is 32.3 Å². The van der Waals surface area contributed by atoms with Crippen LogP contribution in [-0.4, -0.2) is 22.9 Å². The van der Waals surface area contributed by atoms with Crippen LogP contribution in [0.15, 0.2) is 77.3 Å². The maximum Gasteiger partial charge on any atom is 0.256 e. The average molecular weight is 508 g/mol. The van der Waals surface area contributed by atoms with Crippen molar-refractivity contribution in [2.24, 2.45) is 0 Å². The van der Waals surface area contributed by atoms with Crippen molar-refractivity contribution < 1.29 is 14.5 Å². The topological polar surface area (TPSA) is 93.5 Å². The fourth-order valence-corrected chi connectivity index (χ4v) is 5.55. The first kappa shape index (κ1) is 21.6. The standard InChI is InChI=1S/C25H22BrN3O4/c1-15-22(18-13-17(26)11-12-21(18)33-14-16-7-3-2-4-8-16)23(29(31)32)25(28-15)19-9-5-6-10-20(19)27-24(25)30/h2-13,15,22-23,28H,14H2,1H3,(H,27,30)/t15-,22-,23-,25-/m0/s1. The number of benzene rings is 3. The smallest absolute Gasteiger partial charge is 0.256 e. The molecule has 5 rings (SSSR count). The van der Waals surface area contributed by atoms with Crippen molar-refractivity contribution in [3.05, 3.63) is 104 Å². The number of anilines is 1. The van der Waals surface area contributed by atoms with E-state index in [-0.39, 0.29) is 11.0 Å². The van der Waals surface area contributed by atoms with E-state index in [0.29, 0.717) is 29.2 Å². The molecular weight excluding hydrogens is 486 g/mol. The van der Waals surface area contributed by atoms with Crippen molar-refractivity contribution in [1.29, 1.82) is 0 Å². The Hall–Kier alpha value is -3.23. The Kier molecular flexibility index (Phi) is 5.42. The SMILES string of the molecule is C[C@@H]1N[C@]2(C(=O)Nc3ccccc32)[C@@H]([N+](=O)[O-])[C@@H]1c1cc(Br)ccc1OCc1ccccc1. The second-order valence-corrected chi connectivity index (χ2v) is 9.37. The molecule has 3 aromatic carbocycles. The van der Waals surface area contributed by atoms with Gasteiger partial charge in [-0.15, -0.1) is 0 Å². The lowest BCUT2D eigenvalue weighted by Crippen LogP contribution is -2.54. The monoisotopic (exact) mass is 507 g/mol. The van der Waals surface area contributed by atoms with E-state index >= 15 is 0 Å². The molecule has 0 bridgehead atoms. The summed E-state index contributed by atoms with van der Waals surface area (Å²) in [6, 6.07) is 20.8. The number of ether oxygens (including phenoxy) is 1. The maximum atomic E-state index is 13.2. The lowest BCUT2D eigenvalue weighted by molar-refractivity contribution is -0.532. The third-order valence-electron chi connectivity index (χ3n) is 6.53. The summed E-state index contributed by atoms with van der Waals surface area (Å²) in [4.78, 5) is 25.5. The molecule has 0 radical (unpaired) electrons. The van der Waals surface area contributed by atoms with Crippen molar-refractivity contribution in [3.8, 4) is 5.75 Å². The minimum Gasteiger partial charge on any atom is -0.489 e. The summed E-state index contributed by atoms with van der Waals surface area (Å²) in [5, 5.41) is 18.7. The fourth-order valence-electron chi connectivity index (χ4n) is 5.17. The van der Waals surface area contributed by atoms with Crippen LogP contribution < -0.4 is 15.4 Å². The Labute approximate surface area is 199 Å². The molecule has 2 N–H and O–H groups in total. The molecule has 0 aliphatic carbocycles. The van der Waals surface area contributed by atoms with Gasteiger partial charge in [-0.1, -0.05) is 64.5 Å². The maximum absolute atomic E-state index is 13.2. The molecule has 168 valence electrons. The van der Waals surface area contributed by atoms with E-state index in [9.17, 15) is 14.9 Å². The Balaban J connectivity index is 1.59. The molecule has 2 heterocycles. The van der Waals surface area contributed by atoms with Gasteiger partial charge in [0.1, 0.15) is 12.4 Å². The Morgan fingerprint density at radius 2 is 1.82 bits per heavy atom. The Morgan fingerprint density at radius 1 is 1.09 bits per heavy atom. The molecule has 1 saturated heterocycles. The number of nitro groups is 1. The highest BCUT2D eigenvalue weighted by Gasteiger charge is 2.68. The number of carbonyl (C=O) groups excluding carboxylic acids is 1. The van der Waals surface area contributed by atoms with Crippen molar-refractivity contribution in [2.75, 3.05) is 5.32 Å². The highest BCUT2D eigenvalue weighted by atomic mass is 79.9. The largest absolute Gasteiger partial charge is 0.489 e. The summed E-state index contributed by atoms with van der Waals surface area (Å²) in [7, 11) is 0. The van der Waals surface area contributed by atoms with Gasteiger partial charge >= 0.3 is 0 Å². The number of rotatable bonds is 5. The van der Waals surface area contributed by atoms with Gasteiger partial charge in [-0.05, 0) is 36.8 Å². The van der Waals surface area contributed by atoms with Crippen molar-refractivity contribution in [2.45, 2.75) is 37.1 Å². The molecule has 2 aliphatic rings. The van der Waals surface area contributed by atoms with Gasteiger partial charge in [0.25, 0.3) is 11.9 Å². The molecule has 33 heavy (non-hydrogen) atoms. The molecule has 2 aliphatic heterocycles. The summed E-state index contributed by atoms with van der Waals surface area (Å²) in [6.07, 6.45) is 0. The van der Waals surface area contributed by atoms with E-state index in [1.807, 2.05) is 55.5 Å². The van der Waals surface area contributed by atoms with Crippen LogP contribution in [0.1, 0.15) is 29.5 Å². The van der Waals surface area contributed by atoms with Crippen LogP contribution in [-0.2, 0) is 16.9 Å². The quantitative estimate of drug-likeness (QED) is 0.388. The van der Waals surface area contributed by atoms with Gasteiger partial charge in [0.15, 0.2) is 5.54 Å². The number of hydrogen-bond acceptors (Lipinski definition) is 5. The third kappa shape index (κ3) is 3.50. The molecule has 0 aromatic heterocycles. The van der Waals surface area contributed by atoms with Crippen molar-refractivity contribution >= 4 is 27.5 Å². The normalized spacial score (nSPS) is 25.6. The fraction of sp³-hybridized carbons (Fsp3) is 0.240. The second kappa shape index (κ2) is 8.28. The lowest BCUT2D eigenvalue weighted by Gasteiger charge is -2.26. The first-order valence-electron chi connectivity index (χ1n) is 10.7. The van der Waals surface area contributed by atoms with E-state index < -0.39 is 23.4 Å². The summed E-state index contributed by atoms with van der Waals surface area (Å²) in [5.41, 5.74) is 1.44. The molecule has 0 saturated carbocycles. The molecule has 1 fully saturated rings. The summed E-state index contributed by atoms with van der Waals surface area (Å²) in [5.74, 6) is -0.432. The summed E-state index contributed by atoms with van der Waals surface area (Å²) < 4.78 is 6.93. The van der Waals surface area contributed by atoms with Gasteiger partial charge in [-0.2, -0.15) is 0 Å². The number of para-hydroxylation sites is 1. The molecule has 1 spiro atoms. The van der Waals surface area contributed by atoms with Crippen LogP contribution in [0, 0.1) is 10.1 Å². The number of fused-ring (bicyclic) bond motifs is 2. The first-order valence-corrected chi connectivity index (χ1v) is 11.5. The lowest BCUT2D eigenvalue weighted by atomic mass is 9.78. The summed E-state index contributed by atoms with van der Waals surface area (Å²) >= 11 is 3.50.